The Bertz CT molecular complexity index is 380. The van der Waals surface area contributed by atoms with Gasteiger partial charge in [0, 0.05) is 0 Å². The van der Waals surface area contributed by atoms with E-state index in [0.29, 0.717) is 16.5 Å². The van der Waals surface area contributed by atoms with Crippen molar-refractivity contribution in [3.05, 3.63) is 33.5 Å². The summed E-state index contributed by atoms with van der Waals surface area (Å²) in [6.45, 7) is 3.86. The highest BCUT2D eigenvalue weighted by atomic mass is 79.9. The van der Waals surface area contributed by atoms with Crippen LogP contribution in [0.1, 0.15) is 30.9 Å². The van der Waals surface area contributed by atoms with E-state index in [1.165, 1.54) is 0 Å². The number of rotatable bonds is 2. The van der Waals surface area contributed by atoms with E-state index in [1.807, 2.05) is 13.8 Å². The summed E-state index contributed by atoms with van der Waals surface area (Å²) in [5.41, 5.74) is 1.51. The molecule has 1 aromatic carbocycles. The smallest absolute Gasteiger partial charge is 0.140 e. The SMILES string of the molecule is CC(C)c1cc(CC#N)cc(Br)c1F. The van der Waals surface area contributed by atoms with Gasteiger partial charge >= 0.3 is 0 Å². The average Bonchev–Trinajstić information content (AvgIpc) is 2.11. The third-order valence-electron chi connectivity index (χ3n) is 2.02. The van der Waals surface area contributed by atoms with E-state index in [4.69, 9.17) is 5.26 Å². The topological polar surface area (TPSA) is 23.8 Å². The molecule has 0 fully saturated rings. The summed E-state index contributed by atoms with van der Waals surface area (Å²) in [7, 11) is 0. The molecular weight excluding hydrogens is 245 g/mol. The predicted octanol–water partition coefficient (Wildman–Crippen LogP) is 3.78. The summed E-state index contributed by atoms with van der Waals surface area (Å²) in [6.07, 6.45) is 0.318. The van der Waals surface area contributed by atoms with Crippen LogP contribution in [0.5, 0.6) is 0 Å². The van der Waals surface area contributed by atoms with Gasteiger partial charge in [-0.2, -0.15) is 5.26 Å². The van der Waals surface area contributed by atoms with Crippen LogP contribution in [0, 0.1) is 17.1 Å². The van der Waals surface area contributed by atoms with Crippen molar-refractivity contribution in [3.8, 4) is 6.07 Å². The molecule has 0 heterocycles. The van der Waals surface area contributed by atoms with Crippen LogP contribution in [0.25, 0.3) is 0 Å². The summed E-state index contributed by atoms with van der Waals surface area (Å²) in [6, 6.07) is 5.47. The van der Waals surface area contributed by atoms with Crippen molar-refractivity contribution in [2.75, 3.05) is 0 Å². The van der Waals surface area contributed by atoms with Gasteiger partial charge in [0.25, 0.3) is 0 Å². The van der Waals surface area contributed by atoms with Gasteiger partial charge in [0.2, 0.25) is 0 Å². The molecule has 1 nitrogen and oxygen atoms in total. The zero-order valence-corrected chi connectivity index (χ0v) is 9.73. The molecule has 14 heavy (non-hydrogen) atoms. The summed E-state index contributed by atoms with van der Waals surface area (Å²) >= 11 is 3.15. The van der Waals surface area contributed by atoms with Crippen LogP contribution in [0.3, 0.4) is 0 Å². The Labute approximate surface area is 91.7 Å². The van der Waals surface area contributed by atoms with Gasteiger partial charge in [0.1, 0.15) is 5.82 Å². The minimum absolute atomic E-state index is 0.130. The number of nitriles is 1. The van der Waals surface area contributed by atoms with Crippen LogP contribution in [-0.4, -0.2) is 0 Å². The largest absolute Gasteiger partial charge is 0.205 e. The fraction of sp³-hybridized carbons (Fsp3) is 0.364. The standard InChI is InChI=1S/C11H11BrFN/c1-7(2)9-5-8(3-4-14)6-10(12)11(9)13/h5-7H,3H2,1-2H3. The van der Waals surface area contributed by atoms with Crippen molar-refractivity contribution in [1.82, 2.24) is 0 Å². The van der Waals surface area contributed by atoms with E-state index in [9.17, 15) is 4.39 Å². The molecule has 0 aliphatic carbocycles. The lowest BCUT2D eigenvalue weighted by Gasteiger charge is -2.10. The van der Waals surface area contributed by atoms with E-state index < -0.39 is 0 Å². The van der Waals surface area contributed by atoms with Crippen molar-refractivity contribution in [2.45, 2.75) is 26.2 Å². The second-order valence-electron chi connectivity index (χ2n) is 3.47. The molecule has 1 aromatic rings. The maximum absolute atomic E-state index is 13.5. The first-order valence-corrected chi connectivity index (χ1v) is 5.20. The Balaban J connectivity index is 3.22. The molecule has 0 unspecified atom stereocenters. The molecule has 0 saturated carbocycles. The number of halogens is 2. The predicted molar refractivity (Wildman–Crippen MR) is 57.5 cm³/mol. The summed E-state index contributed by atoms with van der Waals surface area (Å²) in [5, 5.41) is 8.55. The average molecular weight is 256 g/mol. The number of hydrogen-bond donors (Lipinski definition) is 0. The molecule has 0 radical (unpaired) electrons. The highest BCUT2D eigenvalue weighted by Gasteiger charge is 2.11. The maximum atomic E-state index is 13.5. The molecule has 0 aliphatic rings. The Morgan fingerprint density at radius 3 is 2.64 bits per heavy atom. The van der Waals surface area contributed by atoms with Gasteiger partial charge in [0.05, 0.1) is 17.0 Å². The lowest BCUT2D eigenvalue weighted by Crippen LogP contribution is -1.96. The molecule has 0 saturated heterocycles. The van der Waals surface area contributed by atoms with Crippen LogP contribution in [0.4, 0.5) is 4.39 Å². The van der Waals surface area contributed by atoms with Crippen molar-refractivity contribution in [3.63, 3.8) is 0 Å². The summed E-state index contributed by atoms with van der Waals surface area (Å²) in [4.78, 5) is 0. The van der Waals surface area contributed by atoms with Crippen LogP contribution in [0.15, 0.2) is 16.6 Å². The van der Waals surface area contributed by atoms with E-state index >= 15 is 0 Å². The van der Waals surface area contributed by atoms with Gasteiger partial charge in [0.15, 0.2) is 0 Å². The molecule has 0 bridgehead atoms. The minimum Gasteiger partial charge on any atom is -0.205 e. The van der Waals surface area contributed by atoms with E-state index in [1.54, 1.807) is 12.1 Å². The van der Waals surface area contributed by atoms with Gasteiger partial charge in [-0.3, -0.25) is 0 Å². The van der Waals surface area contributed by atoms with Gasteiger partial charge in [-0.15, -0.1) is 0 Å². The number of benzene rings is 1. The van der Waals surface area contributed by atoms with E-state index in [-0.39, 0.29) is 11.7 Å². The van der Waals surface area contributed by atoms with Crippen LogP contribution in [-0.2, 0) is 6.42 Å². The van der Waals surface area contributed by atoms with Gasteiger partial charge in [-0.25, -0.2) is 4.39 Å². The summed E-state index contributed by atoms with van der Waals surface area (Å²) in [5.74, 6) is -0.0911. The second kappa shape index (κ2) is 4.56. The maximum Gasteiger partial charge on any atom is 0.140 e. The first-order chi connectivity index (χ1) is 6.56. The molecule has 0 amide bonds. The first kappa shape index (κ1) is 11.2. The molecule has 74 valence electrons. The van der Waals surface area contributed by atoms with Crippen LogP contribution >= 0.6 is 15.9 Å². The van der Waals surface area contributed by atoms with Crippen molar-refractivity contribution >= 4 is 15.9 Å². The highest BCUT2D eigenvalue weighted by Crippen LogP contribution is 2.26. The fourth-order valence-electron chi connectivity index (χ4n) is 1.28. The first-order valence-electron chi connectivity index (χ1n) is 4.41. The van der Waals surface area contributed by atoms with Crippen molar-refractivity contribution in [1.29, 1.82) is 5.26 Å². The molecule has 1 rings (SSSR count). The molecule has 0 atom stereocenters. The Kier molecular flexibility index (Phi) is 3.65. The lowest BCUT2D eigenvalue weighted by atomic mass is 9.99. The van der Waals surface area contributed by atoms with E-state index in [2.05, 4.69) is 22.0 Å². The Morgan fingerprint density at radius 1 is 1.50 bits per heavy atom. The van der Waals surface area contributed by atoms with Crippen LogP contribution < -0.4 is 0 Å². The molecule has 0 spiro atoms. The summed E-state index contributed by atoms with van der Waals surface area (Å²) < 4.78 is 14.0. The molecular formula is C11H11BrFN. The quantitative estimate of drug-likeness (QED) is 0.789. The Morgan fingerprint density at radius 2 is 2.14 bits per heavy atom. The molecule has 3 heteroatoms. The van der Waals surface area contributed by atoms with Gasteiger partial charge in [-0.05, 0) is 39.0 Å². The number of nitrogens with zero attached hydrogens (tertiary/aromatic N) is 1. The number of hydrogen-bond acceptors (Lipinski definition) is 1. The lowest BCUT2D eigenvalue weighted by molar-refractivity contribution is 0.591. The third-order valence-corrected chi connectivity index (χ3v) is 2.60. The van der Waals surface area contributed by atoms with Gasteiger partial charge in [-0.1, -0.05) is 19.9 Å². The highest BCUT2D eigenvalue weighted by molar-refractivity contribution is 9.10. The van der Waals surface area contributed by atoms with Gasteiger partial charge < -0.3 is 0 Å². The molecule has 0 aliphatic heterocycles. The van der Waals surface area contributed by atoms with E-state index in [0.717, 1.165) is 5.56 Å². The van der Waals surface area contributed by atoms with Crippen molar-refractivity contribution < 1.29 is 4.39 Å². The zero-order valence-electron chi connectivity index (χ0n) is 8.14. The Hall–Kier alpha value is -0.880. The third kappa shape index (κ3) is 2.33. The molecule has 0 aromatic heterocycles. The monoisotopic (exact) mass is 255 g/mol. The minimum atomic E-state index is -0.221. The molecule has 0 N–H and O–H groups in total. The van der Waals surface area contributed by atoms with Crippen molar-refractivity contribution in [2.24, 2.45) is 0 Å². The normalized spacial score (nSPS) is 10.3. The van der Waals surface area contributed by atoms with Crippen LogP contribution in [0.2, 0.25) is 0 Å². The zero-order chi connectivity index (χ0) is 10.7. The fourth-order valence-corrected chi connectivity index (χ4v) is 1.81. The second-order valence-corrected chi connectivity index (χ2v) is 4.32.